The largest absolute Gasteiger partial charge is 0.382 e. The highest BCUT2D eigenvalue weighted by Crippen LogP contribution is 2.38. The fourth-order valence-corrected chi connectivity index (χ4v) is 4.28. The molecule has 0 aliphatic heterocycles. The Morgan fingerprint density at radius 2 is 1.66 bits per heavy atom. The van der Waals surface area contributed by atoms with Crippen LogP contribution in [0.25, 0.3) is 0 Å². The second-order valence-electron chi connectivity index (χ2n) is 9.91. The average molecular weight is 614 g/mol. The number of nitrogens with zero attached hydrogens (tertiary/aromatic N) is 7. The van der Waals surface area contributed by atoms with Crippen molar-refractivity contribution >= 4 is 70.0 Å². The van der Waals surface area contributed by atoms with Crippen molar-refractivity contribution < 1.29 is 14.4 Å². The molecule has 13 heteroatoms. The summed E-state index contributed by atoms with van der Waals surface area (Å²) >= 11 is 5.86. The molecule has 0 spiro atoms. The van der Waals surface area contributed by atoms with Crippen LogP contribution in [0.1, 0.15) is 10.4 Å². The lowest BCUT2D eigenvalue weighted by Gasteiger charge is -2.27. The Balaban J connectivity index is 1.59. The first-order valence-electron chi connectivity index (χ1n) is 13.4. The number of carbonyl (C=O) groups is 3. The maximum atomic E-state index is 12.7. The van der Waals surface area contributed by atoms with E-state index < -0.39 is 0 Å². The van der Waals surface area contributed by atoms with E-state index in [1.165, 1.54) is 28.4 Å². The molecule has 2 aromatic heterocycles. The molecule has 0 unspecified atom stereocenters. The van der Waals surface area contributed by atoms with Gasteiger partial charge in [0, 0.05) is 49.9 Å². The lowest BCUT2D eigenvalue weighted by atomic mass is 10.1. The number of halogens is 1. The number of amides is 3. The van der Waals surface area contributed by atoms with Gasteiger partial charge in [-0.15, -0.1) is 0 Å². The number of carbonyl (C=O) groups excluding carboxylic acids is 3. The van der Waals surface area contributed by atoms with Gasteiger partial charge in [-0.2, -0.15) is 0 Å². The molecule has 0 aliphatic rings. The van der Waals surface area contributed by atoms with E-state index in [0.717, 1.165) is 0 Å². The predicted molar refractivity (Wildman–Crippen MR) is 174 cm³/mol. The SMILES string of the molecule is CN(C)C/C=C/C(=O)N(C)c1cccc(N(C=O)c2ncnc(N)c2N(C)c2ccc(C(=O)Nc3ccc(Cl)cn3)cc2)c1. The van der Waals surface area contributed by atoms with Crippen LogP contribution < -0.4 is 25.8 Å². The monoisotopic (exact) mass is 613 g/mol. The molecule has 44 heavy (non-hydrogen) atoms. The number of hydrogen-bond donors (Lipinski definition) is 2. The summed E-state index contributed by atoms with van der Waals surface area (Å²) in [5.74, 6) is 0.168. The summed E-state index contributed by atoms with van der Waals surface area (Å²) < 4.78 is 0. The highest BCUT2D eigenvalue weighted by atomic mass is 35.5. The van der Waals surface area contributed by atoms with Crippen molar-refractivity contribution in [1.82, 2.24) is 19.9 Å². The van der Waals surface area contributed by atoms with Gasteiger partial charge in [-0.05, 0) is 68.7 Å². The maximum absolute atomic E-state index is 12.7. The van der Waals surface area contributed by atoms with E-state index in [0.29, 0.717) is 52.1 Å². The molecule has 2 aromatic carbocycles. The summed E-state index contributed by atoms with van der Waals surface area (Å²) in [6.07, 6.45) is 6.62. The molecule has 0 atom stereocenters. The van der Waals surface area contributed by atoms with Crippen molar-refractivity contribution in [2.24, 2.45) is 0 Å². The zero-order valence-corrected chi connectivity index (χ0v) is 25.4. The number of nitrogen functional groups attached to an aromatic ring is 1. The first-order valence-corrected chi connectivity index (χ1v) is 13.8. The molecule has 12 nitrogen and oxygen atoms in total. The Morgan fingerprint density at radius 3 is 2.32 bits per heavy atom. The van der Waals surface area contributed by atoms with Gasteiger partial charge in [-0.3, -0.25) is 19.3 Å². The minimum atomic E-state index is -0.346. The van der Waals surface area contributed by atoms with Crippen LogP contribution in [-0.2, 0) is 9.59 Å². The van der Waals surface area contributed by atoms with Crippen molar-refractivity contribution in [3.8, 4) is 0 Å². The number of nitrogens with two attached hydrogens (primary N) is 1. The van der Waals surface area contributed by atoms with Gasteiger partial charge in [0.15, 0.2) is 11.6 Å². The van der Waals surface area contributed by atoms with Crippen LogP contribution in [0.2, 0.25) is 5.02 Å². The summed E-state index contributed by atoms with van der Waals surface area (Å²) in [6, 6.07) is 16.9. The molecule has 0 aliphatic carbocycles. The number of benzene rings is 2. The van der Waals surface area contributed by atoms with Gasteiger partial charge in [0.05, 0.1) is 10.7 Å². The number of pyridine rings is 1. The number of nitrogens with one attached hydrogen (secondary N) is 1. The lowest BCUT2D eigenvalue weighted by Crippen LogP contribution is -2.25. The third-order valence-corrected chi connectivity index (χ3v) is 6.77. The highest BCUT2D eigenvalue weighted by molar-refractivity contribution is 6.30. The van der Waals surface area contributed by atoms with E-state index in [2.05, 4.69) is 20.3 Å². The molecule has 2 heterocycles. The summed E-state index contributed by atoms with van der Waals surface area (Å²) in [7, 11) is 7.23. The second-order valence-corrected chi connectivity index (χ2v) is 10.3. The van der Waals surface area contributed by atoms with Crippen molar-refractivity contribution in [3.05, 3.63) is 95.9 Å². The molecule has 0 bridgehead atoms. The first-order chi connectivity index (χ1) is 21.1. The number of hydrogen-bond acceptors (Lipinski definition) is 9. The van der Waals surface area contributed by atoms with Gasteiger partial charge < -0.3 is 25.8 Å². The Kier molecular flexibility index (Phi) is 10.2. The molecule has 226 valence electrons. The summed E-state index contributed by atoms with van der Waals surface area (Å²) in [6.45, 7) is 0.626. The van der Waals surface area contributed by atoms with Crippen LogP contribution in [0.3, 0.4) is 0 Å². The lowest BCUT2D eigenvalue weighted by molar-refractivity contribution is -0.114. The smallest absolute Gasteiger partial charge is 0.256 e. The van der Waals surface area contributed by atoms with Crippen molar-refractivity contribution in [1.29, 1.82) is 0 Å². The highest BCUT2D eigenvalue weighted by Gasteiger charge is 2.23. The third-order valence-electron chi connectivity index (χ3n) is 6.54. The van der Waals surface area contributed by atoms with E-state index in [-0.39, 0.29) is 23.5 Å². The number of rotatable bonds is 11. The molecule has 3 N–H and O–H groups in total. The molecular formula is C31H32ClN9O3. The molecule has 0 saturated carbocycles. The van der Waals surface area contributed by atoms with Crippen LogP contribution in [-0.4, -0.2) is 72.8 Å². The molecular weight excluding hydrogens is 582 g/mol. The summed E-state index contributed by atoms with van der Waals surface area (Å²) in [5.41, 5.74) is 8.77. The van der Waals surface area contributed by atoms with Crippen LogP contribution in [0.4, 0.5) is 40.2 Å². The number of likely N-dealkylation sites (N-methyl/N-ethyl adjacent to an activating group) is 2. The topological polar surface area (TPSA) is 141 Å². The van der Waals surface area contributed by atoms with Gasteiger partial charge in [-0.1, -0.05) is 23.7 Å². The summed E-state index contributed by atoms with van der Waals surface area (Å²) in [5, 5.41) is 3.18. The zero-order valence-electron chi connectivity index (χ0n) is 24.7. The predicted octanol–water partition coefficient (Wildman–Crippen LogP) is 4.50. The Morgan fingerprint density at radius 1 is 0.932 bits per heavy atom. The van der Waals surface area contributed by atoms with Gasteiger partial charge in [0.25, 0.3) is 5.91 Å². The van der Waals surface area contributed by atoms with Gasteiger partial charge in [0.2, 0.25) is 12.3 Å². The van der Waals surface area contributed by atoms with Crippen molar-refractivity contribution in [2.75, 3.05) is 60.5 Å². The minimum Gasteiger partial charge on any atom is -0.382 e. The Hall–Kier alpha value is -5.33. The molecule has 3 amide bonds. The molecule has 4 aromatic rings. The van der Waals surface area contributed by atoms with E-state index in [1.54, 1.807) is 85.7 Å². The van der Waals surface area contributed by atoms with E-state index >= 15 is 0 Å². The van der Waals surface area contributed by atoms with Gasteiger partial charge in [-0.25, -0.2) is 15.0 Å². The first kappa shape index (κ1) is 31.6. The molecule has 0 fully saturated rings. The average Bonchev–Trinajstić information content (AvgIpc) is 3.02. The van der Waals surface area contributed by atoms with E-state index in [9.17, 15) is 14.4 Å². The minimum absolute atomic E-state index is 0.134. The third kappa shape index (κ3) is 7.54. The fourth-order valence-electron chi connectivity index (χ4n) is 4.17. The van der Waals surface area contributed by atoms with Crippen molar-refractivity contribution in [3.63, 3.8) is 0 Å². The summed E-state index contributed by atoms with van der Waals surface area (Å²) in [4.78, 5) is 57.0. The standard InChI is InChI=1S/C31H32ClN9O3/c1-38(2)16-6-9-27(43)39(3)24-7-5-8-25(17-24)41(20-42)30-28(29(33)35-19-36-30)40(4)23-13-10-21(11-14-23)31(44)37-26-15-12-22(32)18-34-26/h5-15,17-20H,16H2,1-4H3,(H2,33,35,36)(H,34,37,44)/b9-6+. The Bertz CT molecular complexity index is 1660. The van der Waals surface area contributed by atoms with Crippen LogP contribution in [0, 0.1) is 0 Å². The van der Waals surface area contributed by atoms with Crippen LogP contribution >= 0.6 is 11.6 Å². The molecule has 0 radical (unpaired) electrons. The van der Waals surface area contributed by atoms with E-state index in [4.69, 9.17) is 17.3 Å². The molecule has 4 rings (SSSR count). The second kappa shape index (κ2) is 14.2. The quantitative estimate of drug-likeness (QED) is 0.185. The fraction of sp³-hybridized carbons (Fsp3) is 0.161. The van der Waals surface area contributed by atoms with E-state index in [1.807, 2.05) is 19.0 Å². The normalized spacial score (nSPS) is 11.0. The van der Waals surface area contributed by atoms with Crippen LogP contribution in [0.5, 0.6) is 0 Å². The number of anilines is 7. The molecule has 0 saturated heterocycles. The Labute approximate surface area is 260 Å². The zero-order chi connectivity index (χ0) is 31.8. The van der Waals surface area contributed by atoms with Gasteiger partial charge >= 0.3 is 0 Å². The van der Waals surface area contributed by atoms with Crippen molar-refractivity contribution in [2.45, 2.75) is 0 Å². The van der Waals surface area contributed by atoms with Crippen LogP contribution in [0.15, 0.2) is 85.3 Å². The maximum Gasteiger partial charge on any atom is 0.256 e. The number of aromatic nitrogens is 3. The van der Waals surface area contributed by atoms with Gasteiger partial charge in [0.1, 0.15) is 17.8 Å².